The summed E-state index contributed by atoms with van der Waals surface area (Å²) in [6, 6.07) is -0.333. The van der Waals surface area contributed by atoms with Gasteiger partial charge in [-0.25, -0.2) is 4.57 Å². The average molecular weight is 368 g/mol. The Morgan fingerprint density at radius 3 is 2.25 bits per heavy atom. The van der Waals surface area contributed by atoms with Gasteiger partial charge in [0.15, 0.2) is 0 Å². The number of aliphatic hydroxyl groups excluding tert-OH is 2. The molecule has 0 radical (unpaired) electrons. The Labute approximate surface area is 145 Å². The van der Waals surface area contributed by atoms with Crippen molar-refractivity contribution in [3.05, 3.63) is 12.7 Å². The first kappa shape index (κ1) is 23.7. The lowest BCUT2D eigenvalue weighted by Crippen LogP contribution is -2.60. The number of quaternary nitrogens is 1. The molecule has 7 nitrogen and oxygen atoms in total. The third-order valence-corrected chi connectivity index (χ3v) is 4.83. The minimum absolute atomic E-state index is 0.0493. The van der Waals surface area contributed by atoms with Crippen LogP contribution in [-0.2, 0) is 9.09 Å². The normalized spacial score (nSPS) is 18.0. The van der Waals surface area contributed by atoms with Crippen LogP contribution < -0.4 is 0 Å². The number of likely N-dealkylation sites (N-methyl/N-ethyl adjacent to an activating group) is 1. The molecular formula is C16H35NO6P+. The summed E-state index contributed by atoms with van der Waals surface area (Å²) in [7, 11) is 0.955. The van der Waals surface area contributed by atoms with Crippen molar-refractivity contribution in [2.75, 3.05) is 27.7 Å². The Bertz CT molecular complexity index is 419. The van der Waals surface area contributed by atoms with E-state index >= 15 is 0 Å². The van der Waals surface area contributed by atoms with Gasteiger partial charge in [-0.2, -0.15) is 0 Å². The molecule has 0 aromatic rings. The van der Waals surface area contributed by atoms with Crippen LogP contribution in [0.1, 0.15) is 45.4 Å². The van der Waals surface area contributed by atoms with Crippen molar-refractivity contribution in [3.8, 4) is 0 Å². The van der Waals surface area contributed by atoms with Gasteiger partial charge < -0.3 is 24.5 Å². The Morgan fingerprint density at radius 1 is 1.29 bits per heavy atom. The molecule has 144 valence electrons. The van der Waals surface area contributed by atoms with Crippen molar-refractivity contribution in [2.24, 2.45) is 0 Å². The summed E-state index contributed by atoms with van der Waals surface area (Å²) < 4.78 is 17.4. The molecule has 0 bridgehead atoms. The summed E-state index contributed by atoms with van der Waals surface area (Å²) in [5.41, 5.74) is -1.26. The van der Waals surface area contributed by atoms with Crippen LogP contribution in [-0.4, -0.2) is 70.0 Å². The maximum absolute atomic E-state index is 11.7. The third kappa shape index (κ3) is 8.21. The van der Waals surface area contributed by atoms with E-state index in [0.29, 0.717) is 23.7 Å². The number of unbranched alkanes of at least 4 members (excludes halogenated alkanes) is 2. The van der Waals surface area contributed by atoms with Crippen LogP contribution in [0.2, 0.25) is 0 Å². The predicted octanol–water partition coefficient (Wildman–Crippen LogP) is 1.81. The van der Waals surface area contributed by atoms with Crippen molar-refractivity contribution in [1.29, 1.82) is 0 Å². The van der Waals surface area contributed by atoms with Crippen molar-refractivity contribution < 1.29 is 33.6 Å². The zero-order valence-corrected chi connectivity index (χ0v) is 16.3. The molecule has 0 heterocycles. The molecule has 0 rings (SSSR count). The fourth-order valence-electron chi connectivity index (χ4n) is 3.32. The molecule has 8 heteroatoms. The molecule has 3 unspecified atom stereocenters. The molecule has 0 fully saturated rings. The van der Waals surface area contributed by atoms with Crippen molar-refractivity contribution >= 4 is 7.82 Å². The van der Waals surface area contributed by atoms with Gasteiger partial charge in [0.2, 0.25) is 0 Å². The standard InChI is InChI=1S/C16H34NO6P/c1-6-8-9-11-16(12-14(19)13-18,23-24(20,21)22)15(10-7-2)17(3,4)5/h7,14-15,18-19H,2,6,8-13H2,1,3-5H3,(H-,20,21,22)/p+1. The summed E-state index contributed by atoms with van der Waals surface area (Å²) in [5.74, 6) is 0. The monoisotopic (exact) mass is 368 g/mol. The lowest BCUT2D eigenvalue weighted by atomic mass is 9.80. The van der Waals surface area contributed by atoms with E-state index in [1.54, 1.807) is 6.08 Å². The molecule has 0 aromatic carbocycles. The topological polar surface area (TPSA) is 107 Å². The molecule has 0 aromatic heterocycles. The maximum Gasteiger partial charge on any atom is 0.470 e. The van der Waals surface area contributed by atoms with E-state index in [1.807, 2.05) is 28.1 Å². The number of aliphatic hydroxyl groups is 2. The molecule has 0 saturated carbocycles. The second kappa shape index (κ2) is 10.0. The van der Waals surface area contributed by atoms with Crippen LogP contribution >= 0.6 is 7.82 Å². The van der Waals surface area contributed by atoms with Gasteiger partial charge in [0, 0.05) is 12.8 Å². The molecule has 0 amide bonds. The molecule has 0 spiro atoms. The molecule has 0 aliphatic heterocycles. The molecule has 4 N–H and O–H groups in total. The fourth-order valence-corrected chi connectivity index (χ4v) is 4.08. The number of hydrogen-bond donors (Lipinski definition) is 4. The molecular weight excluding hydrogens is 333 g/mol. The van der Waals surface area contributed by atoms with Crippen LogP contribution in [0.4, 0.5) is 0 Å². The number of hydrogen-bond acceptors (Lipinski definition) is 4. The van der Waals surface area contributed by atoms with Gasteiger partial charge in [0.1, 0.15) is 11.6 Å². The highest BCUT2D eigenvalue weighted by molar-refractivity contribution is 7.46. The zero-order chi connectivity index (χ0) is 19.0. The highest BCUT2D eigenvalue weighted by Gasteiger charge is 2.51. The first-order valence-electron chi connectivity index (χ1n) is 8.39. The number of phosphoric acid groups is 1. The highest BCUT2D eigenvalue weighted by atomic mass is 31.2. The van der Waals surface area contributed by atoms with Gasteiger partial charge in [0.05, 0.1) is 33.9 Å². The second-order valence-electron chi connectivity index (χ2n) is 7.30. The summed E-state index contributed by atoms with van der Waals surface area (Å²) in [4.78, 5) is 19.0. The number of nitrogens with zero attached hydrogens (tertiary/aromatic N) is 1. The van der Waals surface area contributed by atoms with E-state index in [4.69, 9.17) is 4.52 Å². The Kier molecular flexibility index (Phi) is 9.91. The van der Waals surface area contributed by atoms with Crippen LogP contribution in [0.25, 0.3) is 0 Å². The second-order valence-corrected chi connectivity index (χ2v) is 8.46. The van der Waals surface area contributed by atoms with Crippen LogP contribution in [0.3, 0.4) is 0 Å². The summed E-state index contributed by atoms with van der Waals surface area (Å²) >= 11 is 0. The lowest BCUT2D eigenvalue weighted by molar-refractivity contribution is -0.903. The first-order chi connectivity index (χ1) is 10.9. The molecule has 0 aliphatic rings. The van der Waals surface area contributed by atoms with Gasteiger partial charge in [-0.05, 0) is 6.42 Å². The van der Waals surface area contributed by atoms with E-state index in [0.717, 1.165) is 12.8 Å². The van der Waals surface area contributed by atoms with Crippen LogP contribution in [0, 0.1) is 0 Å². The first-order valence-corrected chi connectivity index (χ1v) is 9.92. The maximum atomic E-state index is 11.7. The van der Waals surface area contributed by atoms with E-state index < -0.39 is 26.1 Å². The van der Waals surface area contributed by atoms with Crippen LogP contribution in [0.15, 0.2) is 12.7 Å². The summed E-state index contributed by atoms with van der Waals surface area (Å²) in [6.07, 6.45) is 3.93. The van der Waals surface area contributed by atoms with Gasteiger partial charge in [-0.15, -0.1) is 6.58 Å². The SMILES string of the molecule is C=CCC(C(CCCCC)(CC(O)CO)OP(=O)(O)O)[N+](C)(C)C. The molecule has 0 saturated heterocycles. The Hall–Kier alpha value is -0.270. The summed E-state index contributed by atoms with van der Waals surface area (Å²) in [5, 5.41) is 19.3. The van der Waals surface area contributed by atoms with Crippen molar-refractivity contribution in [2.45, 2.75) is 63.2 Å². The largest absolute Gasteiger partial charge is 0.470 e. The molecule has 0 aliphatic carbocycles. The minimum atomic E-state index is -4.79. The smallest absolute Gasteiger partial charge is 0.394 e. The van der Waals surface area contributed by atoms with Gasteiger partial charge in [-0.1, -0.05) is 32.3 Å². The average Bonchev–Trinajstić information content (AvgIpc) is 2.41. The lowest BCUT2D eigenvalue weighted by Gasteiger charge is -2.47. The van der Waals surface area contributed by atoms with Crippen molar-refractivity contribution in [3.63, 3.8) is 0 Å². The predicted molar refractivity (Wildman–Crippen MR) is 94.3 cm³/mol. The minimum Gasteiger partial charge on any atom is -0.394 e. The molecule has 3 atom stereocenters. The van der Waals surface area contributed by atoms with Crippen LogP contribution in [0.5, 0.6) is 0 Å². The van der Waals surface area contributed by atoms with Crippen molar-refractivity contribution in [1.82, 2.24) is 0 Å². The quantitative estimate of drug-likeness (QED) is 0.171. The highest BCUT2D eigenvalue weighted by Crippen LogP contribution is 2.48. The van der Waals surface area contributed by atoms with E-state index in [2.05, 4.69) is 6.58 Å². The Morgan fingerprint density at radius 2 is 1.88 bits per heavy atom. The van der Waals surface area contributed by atoms with Gasteiger partial charge >= 0.3 is 7.82 Å². The van der Waals surface area contributed by atoms with Gasteiger partial charge in [-0.3, -0.25) is 4.52 Å². The molecule has 24 heavy (non-hydrogen) atoms. The van der Waals surface area contributed by atoms with E-state index in [1.165, 1.54) is 0 Å². The Balaban J connectivity index is 5.97. The zero-order valence-electron chi connectivity index (χ0n) is 15.4. The fraction of sp³-hybridized carbons (Fsp3) is 0.875. The number of phosphoric ester groups is 1. The number of rotatable bonds is 13. The van der Waals surface area contributed by atoms with E-state index in [9.17, 15) is 24.6 Å². The van der Waals surface area contributed by atoms with E-state index in [-0.39, 0.29) is 12.5 Å². The summed E-state index contributed by atoms with van der Waals surface area (Å²) in [6.45, 7) is 5.30. The van der Waals surface area contributed by atoms with Gasteiger partial charge in [0.25, 0.3) is 0 Å². The third-order valence-electron chi connectivity index (χ3n) is 4.23.